The molecule has 0 saturated carbocycles. The highest BCUT2D eigenvalue weighted by Crippen LogP contribution is 2.02. The van der Waals surface area contributed by atoms with E-state index < -0.39 is 11.9 Å². The number of unbranched alkanes of at least 4 members (excludes halogenated alkanes) is 5. The van der Waals surface area contributed by atoms with Crippen molar-refractivity contribution in [1.82, 2.24) is 10.6 Å². The quantitative estimate of drug-likeness (QED) is 0.289. The van der Waals surface area contributed by atoms with E-state index in [1.165, 1.54) is 0 Å². The third-order valence-corrected chi connectivity index (χ3v) is 3.84. The molecule has 0 fully saturated rings. The summed E-state index contributed by atoms with van der Waals surface area (Å²) in [6.45, 7) is 1.11. The van der Waals surface area contributed by atoms with Gasteiger partial charge in [-0.3, -0.25) is 19.2 Å². The lowest BCUT2D eigenvalue weighted by Crippen LogP contribution is -2.25. The first-order valence-electron chi connectivity index (χ1n) is 9.39. The number of carboxylic acid groups (broad SMARTS) is 2. The van der Waals surface area contributed by atoms with E-state index in [9.17, 15) is 19.2 Å². The molecule has 0 aromatic heterocycles. The van der Waals surface area contributed by atoms with Crippen LogP contribution in [0.25, 0.3) is 0 Å². The maximum Gasteiger partial charge on any atom is 0.303 e. The van der Waals surface area contributed by atoms with E-state index in [0.717, 1.165) is 25.7 Å². The van der Waals surface area contributed by atoms with E-state index in [1.54, 1.807) is 0 Å². The minimum atomic E-state index is -0.795. The number of hydrogen-bond donors (Lipinski definition) is 4. The predicted molar refractivity (Wildman–Crippen MR) is 96.7 cm³/mol. The van der Waals surface area contributed by atoms with Crippen molar-refractivity contribution in [1.29, 1.82) is 0 Å². The molecule has 0 aliphatic rings. The van der Waals surface area contributed by atoms with Crippen LogP contribution >= 0.6 is 0 Å². The summed E-state index contributed by atoms with van der Waals surface area (Å²) in [7, 11) is 0. The Kier molecular flexibility index (Phi) is 15.0. The highest BCUT2D eigenvalue weighted by Gasteiger charge is 2.04. The highest BCUT2D eigenvalue weighted by molar-refractivity contribution is 5.77. The number of hydrogen-bond acceptors (Lipinski definition) is 4. The Hall–Kier alpha value is -2.12. The van der Waals surface area contributed by atoms with E-state index in [1.807, 2.05) is 0 Å². The molecule has 0 aliphatic carbocycles. The predicted octanol–water partition coefficient (Wildman–Crippen LogP) is 2.07. The van der Waals surface area contributed by atoms with Crippen molar-refractivity contribution in [3.8, 4) is 0 Å². The molecule has 0 aromatic rings. The van der Waals surface area contributed by atoms with E-state index in [4.69, 9.17) is 10.2 Å². The Balaban J connectivity index is 3.38. The van der Waals surface area contributed by atoms with Gasteiger partial charge in [-0.1, -0.05) is 12.8 Å². The normalized spacial score (nSPS) is 10.3. The lowest BCUT2D eigenvalue weighted by molar-refractivity contribution is -0.138. The number of rotatable bonds is 17. The third-order valence-electron chi connectivity index (χ3n) is 3.84. The van der Waals surface area contributed by atoms with Gasteiger partial charge in [0, 0.05) is 38.8 Å². The van der Waals surface area contributed by atoms with Crippen LogP contribution in [0.1, 0.15) is 77.0 Å². The minimum Gasteiger partial charge on any atom is -0.481 e. The maximum atomic E-state index is 11.6. The van der Waals surface area contributed by atoms with E-state index in [0.29, 0.717) is 51.6 Å². The molecule has 0 saturated heterocycles. The molecule has 4 N–H and O–H groups in total. The number of nitrogens with one attached hydrogen (secondary N) is 2. The van der Waals surface area contributed by atoms with Crippen LogP contribution in [0.15, 0.2) is 0 Å². The van der Waals surface area contributed by atoms with Crippen molar-refractivity contribution < 1.29 is 29.4 Å². The molecule has 0 unspecified atom stereocenters. The zero-order chi connectivity index (χ0) is 19.6. The van der Waals surface area contributed by atoms with Gasteiger partial charge >= 0.3 is 11.9 Å². The van der Waals surface area contributed by atoms with Gasteiger partial charge in [0.25, 0.3) is 0 Å². The summed E-state index contributed by atoms with van der Waals surface area (Å²) in [5.74, 6) is -1.67. The van der Waals surface area contributed by atoms with Crippen LogP contribution in [-0.4, -0.2) is 47.1 Å². The molecule has 0 radical (unpaired) electrons. The second-order valence-corrected chi connectivity index (χ2v) is 6.32. The van der Waals surface area contributed by atoms with Crippen LogP contribution in [-0.2, 0) is 19.2 Å². The largest absolute Gasteiger partial charge is 0.481 e. The fourth-order valence-electron chi connectivity index (χ4n) is 2.36. The molecular weight excluding hydrogens is 340 g/mol. The Bertz CT molecular complexity index is 399. The first kappa shape index (κ1) is 23.9. The first-order valence-corrected chi connectivity index (χ1v) is 9.39. The van der Waals surface area contributed by atoms with Crippen LogP contribution in [0, 0.1) is 0 Å². The SMILES string of the molecule is O=C(O)CCCCCNC(=O)CCCCC(=O)NCCCCCC(=O)O. The van der Waals surface area contributed by atoms with Crippen molar-refractivity contribution in [2.24, 2.45) is 0 Å². The highest BCUT2D eigenvalue weighted by atomic mass is 16.4. The average Bonchev–Trinajstić information content (AvgIpc) is 2.57. The van der Waals surface area contributed by atoms with Gasteiger partial charge in [0.15, 0.2) is 0 Å². The third kappa shape index (κ3) is 18.2. The standard InChI is InChI=1S/C18H32N2O6/c21-15(19-13-7-1-3-11-17(23)24)9-5-6-10-16(22)20-14-8-2-4-12-18(25)26/h1-14H2,(H,19,21)(H,20,22)(H,23,24)(H,25,26). The minimum absolute atomic E-state index is 0.0397. The first-order chi connectivity index (χ1) is 12.4. The molecular formula is C18H32N2O6. The molecule has 0 aromatic carbocycles. The van der Waals surface area contributed by atoms with Crippen LogP contribution in [0.4, 0.5) is 0 Å². The maximum absolute atomic E-state index is 11.6. The Morgan fingerprint density at radius 2 is 0.846 bits per heavy atom. The van der Waals surface area contributed by atoms with E-state index >= 15 is 0 Å². The van der Waals surface area contributed by atoms with Gasteiger partial charge in [0.1, 0.15) is 0 Å². The molecule has 150 valence electrons. The molecule has 8 heteroatoms. The van der Waals surface area contributed by atoms with Crippen molar-refractivity contribution >= 4 is 23.8 Å². The van der Waals surface area contributed by atoms with Gasteiger partial charge < -0.3 is 20.8 Å². The molecule has 26 heavy (non-hydrogen) atoms. The molecule has 2 amide bonds. The molecule has 0 spiro atoms. The number of amides is 2. The smallest absolute Gasteiger partial charge is 0.303 e. The van der Waals surface area contributed by atoms with Crippen molar-refractivity contribution in [2.75, 3.05) is 13.1 Å². The Labute approximate surface area is 154 Å². The van der Waals surface area contributed by atoms with Gasteiger partial charge in [0.05, 0.1) is 0 Å². The van der Waals surface area contributed by atoms with E-state index in [-0.39, 0.29) is 24.7 Å². The molecule has 0 heterocycles. The monoisotopic (exact) mass is 372 g/mol. The zero-order valence-electron chi connectivity index (χ0n) is 15.4. The Morgan fingerprint density at radius 3 is 1.19 bits per heavy atom. The van der Waals surface area contributed by atoms with Gasteiger partial charge in [-0.15, -0.1) is 0 Å². The fraction of sp³-hybridized carbons (Fsp3) is 0.778. The Morgan fingerprint density at radius 1 is 0.500 bits per heavy atom. The molecule has 0 bridgehead atoms. The molecule has 0 atom stereocenters. The van der Waals surface area contributed by atoms with Crippen molar-refractivity contribution in [3.63, 3.8) is 0 Å². The van der Waals surface area contributed by atoms with Gasteiger partial charge in [-0.25, -0.2) is 0 Å². The zero-order valence-corrected chi connectivity index (χ0v) is 15.4. The van der Waals surface area contributed by atoms with Crippen molar-refractivity contribution in [3.05, 3.63) is 0 Å². The average molecular weight is 372 g/mol. The van der Waals surface area contributed by atoms with Gasteiger partial charge in [-0.05, 0) is 38.5 Å². The van der Waals surface area contributed by atoms with Crippen molar-refractivity contribution in [2.45, 2.75) is 77.0 Å². The fourth-order valence-corrected chi connectivity index (χ4v) is 2.36. The molecule has 0 rings (SSSR count). The summed E-state index contributed by atoms with van der Waals surface area (Å²) in [4.78, 5) is 43.9. The number of aliphatic carboxylic acids is 2. The second-order valence-electron chi connectivity index (χ2n) is 6.32. The summed E-state index contributed by atoms with van der Waals surface area (Å²) in [5, 5.41) is 22.6. The van der Waals surface area contributed by atoms with Gasteiger partial charge in [0.2, 0.25) is 11.8 Å². The summed E-state index contributed by atoms with van der Waals surface area (Å²) >= 11 is 0. The number of carbonyl (C=O) groups excluding carboxylic acids is 2. The summed E-state index contributed by atoms with van der Waals surface area (Å²) in [6.07, 6.45) is 6.76. The summed E-state index contributed by atoms with van der Waals surface area (Å²) in [5.41, 5.74) is 0. The van der Waals surface area contributed by atoms with Crippen LogP contribution < -0.4 is 10.6 Å². The summed E-state index contributed by atoms with van der Waals surface area (Å²) in [6, 6.07) is 0. The molecule has 0 aliphatic heterocycles. The van der Waals surface area contributed by atoms with E-state index in [2.05, 4.69) is 10.6 Å². The van der Waals surface area contributed by atoms with Crippen LogP contribution in [0.5, 0.6) is 0 Å². The van der Waals surface area contributed by atoms with Crippen LogP contribution in [0.2, 0.25) is 0 Å². The number of carbonyl (C=O) groups is 4. The second kappa shape index (κ2) is 16.4. The molecule has 8 nitrogen and oxygen atoms in total. The number of carboxylic acids is 2. The topological polar surface area (TPSA) is 133 Å². The lowest BCUT2D eigenvalue weighted by Gasteiger charge is -2.06. The van der Waals surface area contributed by atoms with Gasteiger partial charge in [-0.2, -0.15) is 0 Å². The lowest BCUT2D eigenvalue weighted by atomic mass is 10.1. The van der Waals surface area contributed by atoms with Crippen LogP contribution in [0.3, 0.4) is 0 Å². The summed E-state index contributed by atoms with van der Waals surface area (Å²) < 4.78 is 0.